The molecule has 1 aliphatic heterocycles. The fourth-order valence-corrected chi connectivity index (χ4v) is 4.19. The highest BCUT2D eigenvalue weighted by atomic mass is 16.5. The molecule has 31 heavy (non-hydrogen) atoms. The van der Waals surface area contributed by atoms with Crippen LogP contribution < -0.4 is 10.2 Å². The summed E-state index contributed by atoms with van der Waals surface area (Å²) in [5.41, 5.74) is 4.48. The van der Waals surface area contributed by atoms with Crippen molar-refractivity contribution in [2.75, 3.05) is 13.1 Å². The summed E-state index contributed by atoms with van der Waals surface area (Å²) in [5, 5.41) is 3.48. The van der Waals surface area contributed by atoms with Gasteiger partial charge in [0.15, 0.2) is 6.10 Å². The van der Waals surface area contributed by atoms with E-state index in [2.05, 4.69) is 17.4 Å². The van der Waals surface area contributed by atoms with Gasteiger partial charge in [-0.2, -0.15) is 0 Å². The smallest absolute Gasteiger partial charge is 0.340 e. The van der Waals surface area contributed by atoms with Crippen LogP contribution >= 0.6 is 0 Å². The number of carbonyl (C=O) groups excluding carboxylic acids is 2. The van der Waals surface area contributed by atoms with Crippen LogP contribution in [0.25, 0.3) is 10.9 Å². The van der Waals surface area contributed by atoms with Gasteiger partial charge in [0.05, 0.1) is 23.3 Å². The Bertz CT molecular complexity index is 1100. The third-order valence-electron chi connectivity index (χ3n) is 5.73. The molecule has 0 fully saturated rings. The zero-order chi connectivity index (χ0) is 21.8. The van der Waals surface area contributed by atoms with Crippen molar-refractivity contribution in [2.45, 2.75) is 39.5 Å². The number of pyridine rings is 1. The first-order chi connectivity index (χ1) is 15.1. The van der Waals surface area contributed by atoms with Gasteiger partial charge in [-0.25, -0.2) is 4.79 Å². The van der Waals surface area contributed by atoms with Crippen LogP contribution in [0.2, 0.25) is 0 Å². The molecule has 0 saturated carbocycles. The maximum absolute atomic E-state index is 13.3. The predicted octanol–water partition coefficient (Wildman–Crippen LogP) is 2.06. The van der Waals surface area contributed by atoms with Crippen LogP contribution in [0.1, 0.15) is 41.0 Å². The summed E-state index contributed by atoms with van der Waals surface area (Å²) in [4.78, 5) is 31.6. The Balaban J connectivity index is 1.68. The number of carbonyl (C=O) groups is 2. The summed E-state index contributed by atoms with van der Waals surface area (Å²) < 4.78 is 5.59. The number of nitrogens with zero attached hydrogens (tertiary/aromatic N) is 1. The Kier molecular flexibility index (Phi) is 6.28. The quantitative estimate of drug-likeness (QED) is 0.601. The number of nitrogens with one attached hydrogen (secondary N) is 2. The van der Waals surface area contributed by atoms with E-state index in [4.69, 9.17) is 9.72 Å². The second-order valence-electron chi connectivity index (χ2n) is 7.96. The molecule has 1 aliphatic rings. The van der Waals surface area contributed by atoms with Gasteiger partial charge in [0.1, 0.15) is 13.1 Å². The second-order valence-corrected chi connectivity index (χ2v) is 7.96. The Morgan fingerprint density at radius 3 is 2.65 bits per heavy atom. The molecule has 2 aromatic carbocycles. The van der Waals surface area contributed by atoms with Crippen LogP contribution in [-0.4, -0.2) is 36.1 Å². The van der Waals surface area contributed by atoms with Crippen molar-refractivity contribution in [1.29, 1.82) is 0 Å². The molecule has 1 unspecified atom stereocenters. The number of benzene rings is 2. The lowest BCUT2D eigenvalue weighted by atomic mass is 9.95. The first-order valence-electron chi connectivity index (χ1n) is 10.8. The molecule has 0 aliphatic carbocycles. The number of likely N-dealkylation sites (N-methyl/N-ethyl adjacent to an activating group) is 1. The standard InChI is InChI=1S/C25H27N3O3/c1-3-26-24(29)17(2)31-25(30)23-19-11-7-8-12-21(19)27-22-13-14-28(16-20(22)23)15-18-9-5-4-6-10-18/h4-12,17H,3,13-16H2,1-2H3,(H,26,29)/p+1/t17-/m1/s1. The van der Waals surface area contributed by atoms with Gasteiger partial charge in [-0.3, -0.25) is 9.78 Å². The summed E-state index contributed by atoms with van der Waals surface area (Å²) in [6, 6.07) is 18.0. The van der Waals surface area contributed by atoms with Gasteiger partial charge in [0.2, 0.25) is 0 Å². The molecule has 1 aromatic heterocycles. The average molecular weight is 419 g/mol. The monoisotopic (exact) mass is 418 g/mol. The number of hydrogen-bond acceptors (Lipinski definition) is 4. The van der Waals surface area contributed by atoms with Crippen molar-refractivity contribution >= 4 is 22.8 Å². The van der Waals surface area contributed by atoms with E-state index >= 15 is 0 Å². The molecule has 1 amide bonds. The minimum Gasteiger partial charge on any atom is -0.449 e. The van der Waals surface area contributed by atoms with E-state index in [1.165, 1.54) is 10.5 Å². The van der Waals surface area contributed by atoms with E-state index in [0.717, 1.165) is 41.7 Å². The number of fused-ring (bicyclic) bond motifs is 2. The Morgan fingerprint density at radius 2 is 1.87 bits per heavy atom. The summed E-state index contributed by atoms with van der Waals surface area (Å²) in [6.45, 7) is 6.47. The summed E-state index contributed by atoms with van der Waals surface area (Å²) in [7, 11) is 0. The molecule has 2 heterocycles. The van der Waals surface area contributed by atoms with E-state index in [1.54, 1.807) is 6.92 Å². The number of aromatic nitrogens is 1. The molecule has 4 rings (SSSR count). The normalized spacial score (nSPS) is 16.4. The lowest BCUT2D eigenvalue weighted by Crippen LogP contribution is -3.10. The first-order valence-corrected chi connectivity index (χ1v) is 10.8. The highest BCUT2D eigenvalue weighted by Gasteiger charge is 2.30. The largest absolute Gasteiger partial charge is 0.449 e. The summed E-state index contributed by atoms with van der Waals surface area (Å²) >= 11 is 0. The molecule has 0 bridgehead atoms. The second kappa shape index (κ2) is 9.27. The molecule has 0 radical (unpaired) electrons. The maximum Gasteiger partial charge on any atom is 0.340 e. The molecular weight excluding hydrogens is 390 g/mol. The van der Waals surface area contributed by atoms with Gasteiger partial charge in [0, 0.05) is 29.5 Å². The Hall–Kier alpha value is -3.25. The molecule has 3 aromatic rings. The minimum atomic E-state index is -0.855. The number of amides is 1. The van der Waals surface area contributed by atoms with Gasteiger partial charge in [-0.1, -0.05) is 48.5 Å². The molecule has 160 valence electrons. The molecule has 0 spiro atoms. The third-order valence-corrected chi connectivity index (χ3v) is 5.73. The van der Waals surface area contributed by atoms with Gasteiger partial charge < -0.3 is 15.0 Å². The fraction of sp³-hybridized carbons (Fsp3) is 0.320. The van der Waals surface area contributed by atoms with Crippen LogP contribution in [0.4, 0.5) is 0 Å². The minimum absolute atomic E-state index is 0.292. The van der Waals surface area contributed by atoms with Crippen LogP contribution in [0, 0.1) is 0 Å². The summed E-state index contributed by atoms with van der Waals surface area (Å²) in [5.74, 6) is -0.756. The van der Waals surface area contributed by atoms with Gasteiger partial charge in [0.25, 0.3) is 5.91 Å². The molecule has 0 saturated heterocycles. The van der Waals surface area contributed by atoms with Gasteiger partial charge in [-0.05, 0) is 19.9 Å². The zero-order valence-corrected chi connectivity index (χ0v) is 18.0. The van der Waals surface area contributed by atoms with E-state index in [-0.39, 0.29) is 5.91 Å². The van der Waals surface area contributed by atoms with E-state index in [9.17, 15) is 9.59 Å². The highest BCUT2D eigenvalue weighted by molar-refractivity contribution is 6.05. The van der Waals surface area contributed by atoms with Crippen molar-refractivity contribution < 1.29 is 19.2 Å². The van der Waals surface area contributed by atoms with Crippen LogP contribution in [0.5, 0.6) is 0 Å². The van der Waals surface area contributed by atoms with Crippen molar-refractivity contribution in [2.24, 2.45) is 0 Å². The molecule has 6 nitrogen and oxygen atoms in total. The molecular formula is C25H28N3O3+. The number of rotatable bonds is 6. The number of ether oxygens (including phenoxy) is 1. The summed E-state index contributed by atoms with van der Waals surface area (Å²) in [6.07, 6.45) is -0.0551. The zero-order valence-electron chi connectivity index (χ0n) is 18.0. The lowest BCUT2D eigenvalue weighted by Gasteiger charge is -2.27. The molecule has 6 heteroatoms. The van der Waals surface area contributed by atoms with Crippen LogP contribution in [0.3, 0.4) is 0 Å². The van der Waals surface area contributed by atoms with Gasteiger partial charge in [-0.15, -0.1) is 0 Å². The van der Waals surface area contributed by atoms with Crippen molar-refractivity contribution in [1.82, 2.24) is 10.3 Å². The highest BCUT2D eigenvalue weighted by Crippen LogP contribution is 2.26. The van der Waals surface area contributed by atoms with Crippen molar-refractivity contribution in [3.8, 4) is 0 Å². The maximum atomic E-state index is 13.3. The first kappa shape index (κ1) is 21.0. The molecule has 2 N–H and O–H groups in total. The van der Waals surface area contributed by atoms with Crippen molar-refractivity contribution in [3.63, 3.8) is 0 Å². The lowest BCUT2D eigenvalue weighted by molar-refractivity contribution is -0.929. The van der Waals surface area contributed by atoms with Crippen LogP contribution in [-0.2, 0) is 29.0 Å². The van der Waals surface area contributed by atoms with E-state index in [0.29, 0.717) is 18.7 Å². The van der Waals surface area contributed by atoms with E-state index in [1.807, 2.05) is 49.4 Å². The Labute approximate surface area is 182 Å². The number of hydrogen-bond donors (Lipinski definition) is 2. The number of para-hydroxylation sites is 1. The molecule has 2 atom stereocenters. The average Bonchev–Trinajstić information content (AvgIpc) is 2.78. The van der Waals surface area contributed by atoms with Crippen LogP contribution in [0.15, 0.2) is 54.6 Å². The number of quaternary nitrogens is 1. The predicted molar refractivity (Wildman–Crippen MR) is 119 cm³/mol. The van der Waals surface area contributed by atoms with Crippen molar-refractivity contribution in [3.05, 3.63) is 77.0 Å². The van der Waals surface area contributed by atoms with E-state index < -0.39 is 12.1 Å². The van der Waals surface area contributed by atoms with Gasteiger partial charge >= 0.3 is 5.97 Å². The fourth-order valence-electron chi connectivity index (χ4n) is 4.19. The third kappa shape index (κ3) is 4.59. The number of esters is 1. The SMILES string of the molecule is CCNC(=O)[C@@H](C)OC(=O)c1c2c(nc3ccccc13)CC[NH+](Cc1ccccc1)C2. The Morgan fingerprint density at radius 1 is 1.13 bits per heavy atom. The topological polar surface area (TPSA) is 72.7 Å².